The van der Waals surface area contributed by atoms with Crippen LogP contribution in [0, 0.1) is 5.92 Å². The van der Waals surface area contributed by atoms with Crippen molar-refractivity contribution >= 4 is 5.91 Å². The largest absolute Gasteiger partial charge is 0.379 e. The van der Waals surface area contributed by atoms with E-state index in [4.69, 9.17) is 4.74 Å². The van der Waals surface area contributed by atoms with Crippen LogP contribution in [0.15, 0.2) is 42.9 Å². The van der Waals surface area contributed by atoms with Gasteiger partial charge in [-0.1, -0.05) is 30.3 Å². The SMILES string of the molecule is O=C(c1cncnc1-c1ccccc1)N1CCC(CN2CCOCC2)C1. The van der Waals surface area contributed by atoms with Crippen molar-refractivity contribution in [2.24, 2.45) is 5.92 Å². The predicted octanol–water partition coefficient (Wildman–Crippen LogP) is 1.94. The van der Waals surface area contributed by atoms with Crippen molar-refractivity contribution in [1.82, 2.24) is 19.8 Å². The first-order valence-electron chi connectivity index (χ1n) is 9.26. The lowest BCUT2D eigenvalue weighted by atomic mass is 10.1. The molecule has 6 nitrogen and oxygen atoms in total. The van der Waals surface area contributed by atoms with Gasteiger partial charge in [-0.25, -0.2) is 9.97 Å². The van der Waals surface area contributed by atoms with Crippen LogP contribution in [0.1, 0.15) is 16.8 Å². The van der Waals surface area contributed by atoms with Gasteiger partial charge in [0.05, 0.1) is 24.5 Å². The molecule has 136 valence electrons. The van der Waals surface area contributed by atoms with Gasteiger partial charge in [0.25, 0.3) is 5.91 Å². The number of aromatic nitrogens is 2. The maximum absolute atomic E-state index is 13.1. The smallest absolute Gasteiger partial charge is 0.257 e. The average molecular weight is 352 g/mol. The molecule has 0 aliphatic carbocycles. The first kappa shape index (κ1) is 17.1. The Balaban J connectivity index is 1.45. The molecule has 1 aromatic carbocycles. The summed E-state index contributed by atoms with van der Waals surface area (Å²) in [6, 6.07) is 9.83. The Morgan fingerprint density at radius 3 is 2.77 bits per heavy atom. The number of benzene rings is 1. The highest BCUT2D eigenvalue weighted by Gasteiger charge is 2.30. The van der Waals surface area contributed by atoms with Gasteiger partial charge in [-0.15, -0.1) is 0 Å². The van der Waals surface area contributed by atoms with Gasteiger partial charge in [-0.3, -0.25) is 9.69 Å². The fraction of sp³-hybridized carbons (Fsp3) is 0.450. The van der Waals surface area contributed by atoms with E-state index in [-0.39, 0.29) is 5.91 Å². The van der Waals surface area contributed by atoms with Crippen LogP contribution in [0.25, 0.3) is 11.3 Å². The third kappa shape index (κ3) is 3.76. The number of carbonyl (C=O) groups excluding carboxylic acids is 1. The fourth-order valence-electron chi connectivity index (χ4n) is 3.80. The topological polar surface area (TPSA) is 58.6 Å². The highest BCUT2D eigenvalue weighted by molar-refractivity contribution is 5.99. The molecule has 2 aliphatic heterocycles. The number of rotatable bonds is 4. The second kappa shape index (κ2) is 7.93. The highest BCUT2D eigenvalue weighted by Crippen LogP contribution is 2.25. The first-order chi connectivity index (χ1) is 12.8. The number of ether oxygens (including phenoxy) is 1. The molecule has 3 heterocycles. The zero-order valence-corrected chi connectivity index (χ0v) is 14.9. The van der Waals surface area contributed by atoms with Crippen molar-refractivity contribution in [1.29, 1.82) is 0 Å². The second-order valence-electron chi connectivity index (χ2n) is 6.97. The number of hydrogen-bond donors (Lipinski definition) is 0. The molecule has 2 aliphatic rings. The molecule has 0 spiro atoms. The van der Waals surface area contributed by atoms with Gasteiger partial charge in [-0.2, -0.15) is 0 Å². The van der Waals surface area contributed by atoms with Gasteiger partial charge in [0.15, 0.2) is 0 Å². The minimum absolute atomic E-state index is 0.0360. The van der Waals surface area contributed by atoms with E-state index in [9.17, 15) is 4.79 Å². The molecule has 1 amide bonds. The number of amides is 1. The summed E-state index contributed by atoms with van der Waals surface area (Å²) in [5, 5.41) is 0. The monoisotopic (exact) mass is 352 g/mol. The van der Waals surface area contributed by atoms with Crippen LogP contribution in [0.2, 0.25) is 0 Å². The Morgan fingerprint density at radius 1 is 1.15 bits per heavy atom. The van der Waals surface area contributed by atoms with Crippen LogP contribution in [0.5, 0.6) is 0 Å². The van der Waals surface area contributed by atoms with E-state index in [0.717, 1.165) is 57.9 Å². The van der Waals surface area contributed by atoms with Crippen molar-refractivity contribution < 1.29 is 9.53 Å². The second-order valence-corrected chi connectivity index (χ2v) is 6.97. The summed E-state index contributed by atoms with van der Waals surface area (Å²) in [4.78, 5) is 26.0. The van der Waals surface area contributed by atoms with E-state index in [1.165, 1.54) is 6.33 Å². The molecule has 1 unspecified atom stereocenters. The van der Waals surface area contributed by atoms with E-state index in [0.29, 0.717) is 17.2 Å². The summed E-state index contributed by atoms with van der Waals surface area (Å²) in [5.41, 5.74) is 2.25. The molecule has 6 heteroatoms. The molecule has 0 radical (unpaired) electrons. The maximum atomic E-state index is 13.1. The van der Waals surface area contributed by atoms with Crippen LogP contribution in [-0.4, -0.2) is 71.6 Å². The van der Waals surface area contributed by atoms with Crippen molar-refractivity contribution in [3.63, 3.8) is 0 Å². The minimum atomic E-state index is 0.0360. The third-order valence-electron chi connectivity index (χ3n) is 5.18. The highest BCUT2D eigenvalue weighted by atomic mass is 16.5. The van der Waals surface area contributed by atoms with Gasteiger partial charge in [0, 0.05) is 44.5 Å². The molecule has 2 fully saturated rings. The van der Waals surface area contributed by atoms with Gasteiger partial charge >= 0.3 is 0 Å². The standard InChI is InChI=1S/C20H24N4O2/c25-20(18-12-21-15-22-19(18)17-4-2-1-3-5-17)24-7-6-16(14-24)13-23-8-10-26-11-9-23/h1-5,12,15-16H,6-11,13-14H2. The molecule has 26 heavy (non-hydrogen) atoms. The fourth-order valence-corrected chi connectivity index (χ4v) is 3.80. The summed E-state index contributed by atoms with van der Waals surface area (Å²) in [7, 11) is 0. The molecular formula is C20H24N4O2. The molecule has 1 aromatic heterocycles. The van der Waals surface area contributed by atoms with Crippen LogP contribution >= 0.6 is 0 Å². The Hall–Kier alpha value is -2.31. The van der Waals surface area contributed by atoms with Crippen LogP contribution in [0.3, 0.4) is 0 Å². The molecular weight excluding hydrogens is 328 g/mol. The Labute approximate surface area is 153 Å². The number of likely N-dealkylation sites (tertiary alicyclic amines) is 1. The average Bonchev–Trinajstić information content (AvgIpc) is 3.17. The van der Waals surface area contributed by atoms with E-state index < -0.39 is 0 Å². The lowest BCUT2D eigenvalue weighted by Gasteiger charge is -2.29. The molecule has 1 atom stereocenters. The van der Waals surface area contributed by atoms with Crippen LogP contribution in [-0.2, 0) is 4.74 Å². The van der Waals surface area contributed by atoms with Crippen molar-refractivity contribution in [3.05, 3.63) is 48.4 Å². The number of morpholine rings is 1. The molecule has 0 saturated carbocycles. The minimum Gasteiger partial charge on any atom is -0.379 e. The Kier molecular flexibility index (Phi) is 5.22. The first-order valence-corrected chi connectivity index (χ1v) is 9.26. The number of nitrogens with zero attached hydrogens (tertiary/aromatic N) is 4. The van der Waals surface area contributed by atoms with E-state index in [2.05, 4.69) is 14.9 Å². The number of carbonyl (C=O) groups is 1. The zero-order chi connectivity index (χ0) is 17.8. The zero-order valence-electron chi connectivity index (χ0n) is 14.9. The molecule has 0 N–H and O–H groups in total. The summed E-state index contributed by atoms with van der Waals surface area (Å²) in [6.07, 6.45) is 4.20. The number of hydrogen-bond acceptors (Lipinski definition) is 5. The van der Waals surface area contributed by atoms with E-state index in [1.54, 1.807) is 6.20 Å². The molecule has 2 aromatic rings. The molecule has 2 saturated heterocycles. The lowest BCUT2D eigenvalue weighted by Crippen LogP contribution is -2.40. The Bertz CT molecular complexity index is 746. The van der Waals surface area contributed by atoms with Gasteiger partial charge in [-0.05, 0) is 12.3 Å². The van der Waals surface area contributed by atoms with E-state index in [1.807, 2.05) is 35.2 Å². The van der Waals surface area contributed by atoms with Crippen molar-refractivity contribution in [2.75, 3.05) is 45.9 Å². The van der Waals surface area contributed by atoms with Crippen molar-refractivity contribution in [3.8, 4) is 11.3 Å². The van der Waals surface area contributed by atoms with Crippen LogP contribution in [0.4, 0.5) is 0 Å². The molecule has 4 rings (SSSR count). The lowest BCUT2D eigenvalue weighted by molar-refractivity contribution is 0.0310. The van der Waals surface area contributed by atoms with Crippen LogP contribution < -0.4 is 0 Å². The predicted molar refractivity (Wildman–Crippen MR) is 98.7 cm³/mol. The summed E-state index contributed by atoms with van der Waals surface area (Å²) < 4.78 is 5.42. The summed E-state index contributed by atoms with van der Waals surface area (Å²) in [5.74, 6) is 0.566. The van der Waals surface area contributed by atoms with Gasteiger partial charge in [0.2, 0.25) is 0 Å². The molecule has 0 bridgehead atoms. The van der Waals surface area contributed by atoms with E-state index >= 15 is 0 Å². The summed E-state index contributed by atoms with van der Waals surface area (Å²) in [6.45, 7) is 6.28. The van der Waals surface area contributed by atoms with Gasteiger partial charge < -0.3 is 9.64 Å². The summed E-state index contributed by atoms with van der Waals surface area (Å²) >= 11 is 0. The quantitative estimate of drug-likeness (QED) is 0.842. The Morgan fingerprint density at radius 2 is 1.96 bits per heavy atom. The van der Waals surface area contributed by atoms with Gasteiger partial charge in [0.1, 0.15) is 6.33 Å². The normalized spacial score (nSPS) is 21.1. The van der Waals surface area contributed by atoms with Crippen molar-refractivity contribution in [2.45, 2.75) is 6.42 Å². The maximum Gasteiger partial charge on any atom is 0.257 e. The third-order valence-corrected chi connectivity index (χ3v) is 5.18.